The normalized spacial score (nSPS) is 20.4. The van der Waals surface area contributed by atoms with Gasteiger partial charge in [0, 0.05) is 21.6 Å². The van der Waals surface area contributed by atoms with Gasteiger partial charge in [-0.05, 0) is 12.1 Å². The first-order valence-electron chi connectivity index (χ1n) is 3.68. The van der Waals surface area contributed by atoms with E-state index in [1.54, 1.807) is 11.6 Å². The van der Waals surface area contributed by atoms with Crippen molar-refractivity contribution in [2.24, 2.45) is 4.99 Å². The van der Waals surface area contributed by atoms with E-state index in [2.05, 4.69) is 20.9 Å². The summed E-state index contributed by atoms with van der Waals surface area (Å²) in [6, 6.07) is 7.61. The quantitative estimate of drug-likeness (QED) is 0.758. The minimum atomic E-state index is -1.06. The van der Waals surface area contributed by atoms with Crippen molar-refractivity contribution in [3.8, 4) is 0 Å². The number of halogens is 1. The summed E-state index contributed by atoms with van der Waals surface area (Å²) >= 11 is 3.34. The van der Waals surface area contributed by atoms with E-state index in [4.69, 9.17) is 0 Å². The molecule has 0 bridgehead atoms. The zero-order chi connectivity index (χ0) is 9.26. The highest BCUT2D eigenvalue weighted by molar-refractivity contribution is 9.10. The molecule has 0 radical (unpaired) electrons. The first-order chi connectivity index (χ1) is 6.27. The van der Waals surface area contributed by atoms with Crippen LogP contribution in [0.2, 0.25) is 0 Å². The van der Waals surface area contributed by atoms with Gasteiger partial charge in [0.25, 0.3) is 0 Å². The van der Waals surface area contributed by atoms with Crippen molar-refractivity contribution in [2.75, 3.05) is 0 Å². The maximum atomic E-state index is 11.3. The highest BCUT2D eigenvalue weighted by Crippen LogP contribution is 2.15. The van der Waals surface area contributed by atoms with Crippen LogP contribution in [-0.2, 0) is 10.8 Å². The molecular weight excluding hydrogens is 250 g/mol. The van der Waals surface area contributed by atoms with Crippen molar-refractivity contribution in [1.29, 1.82) is 0 Å². The van der Waals surface area contributed by atoms with E-state index in [9.17, 15) is 4.21 Å². The Morgan fingerprint density at radius 2 is 1.92 bits per heavy atom. The second-order valence-electron chi connectivity index (χ2n) is 2.52. The molecule has 0 fully saturated rings. The summed E-state index contributed by atoms with van der Waals surface area (Å²) in [5.74, 6) is 0. The third-order valence-electron chi connectivity index (χ3n) is 1.66. The van der Waals surface area contributed by atoms with Crippen molar-refractivity contribution in [2.45, 2.75) is 0 Å². The van der Waals surface area contributed by atoms with Crippen molar-refractivity contribution >= 4 is 31.8 Å². The summed E-state index contributed by atoms with van der Waals surface area (Å²) in [4.78, 5) is 4.04. The maximum absolute atomic E-state index is 11.3. The smallest absolute Gasteiger partial charge is 0.138 e. The van der Waals surface area contributed by atoms with Crippen LogP contribution in [0.15, 0.2) is 45.3 Å². The zero-order valence-electron chi connectivity index (χ0n) is 6.61. The van der Waals surface area contributed by atoms with Crippen LogP contribution < -0.4 is 0 Å². The van der Waals surface area contributed by atoms with Crippen molar-refractivity contribution in [1.82, 2.24) is 0 Å². The topological polar surface area (TPSA) is 29.4 Å². The van der Waals surface area contributed by atoms with E-state index in [1.807, 2.05) is 24.3 Å². The van der Waals surface area contributed by atoms with Crippen LogP contribution in [-0.4, -0.2) is 9.25 Å². The van der Waals surface area contributed by atoms with Gasteiger partial charge in [0.05, 0.1) is 10.8 Å². The van der Waals surface area contributed by atoms with Crippen LogP contribution in [0, 0.1) is 0 Å². The molecule has 1 heterocycles. The van der Waals surface area contributed by atoms with E-state index in [-0.39, 0.29) is 0 Å². The van der Waals surface area contributed by atoms with Gasteiger partial charge in [0.1, 0.15) is 5.04 Å². The van der Waals surface area contributed by atoms with E-state index in [0.717, 1.165) is 10.0 Å². The molecule has 1 unspecified atom stereocenters. The molecule has 1 aliphatic rings. The average molecular weight is 256 g/mol. The Balaban J connectivity index is 2.38. The van der Waals surface area contributed by atoms with Gasteiger partial charge >= 0.3 is 0 Å². The third kappa shape index (κ3) is 1.78. The molecule has 2 nitrogen and oxygen atoms in total. The standard InChI is InChI=1S/C9H6BrNOS/c10-8-3-1-7(2-4-8)9-11-5-6-13(9)12/h1-6H. The second kappa shape index (κ2) is 3.55. The van der Waals surface area contributed by atoms with Gasteiger partial charge < -0.3 is 0 Å². The first kappa shape index (κ1) is 8.84. The molecule has 1 atom stereocenters. The van der Waals surface area contributed by atoms with Gasteiger partial charge in [-0.1, -0.05) is 28.1 Å². The molecule has 0 aromatic heterocycles. The predicted octanol–water partition coefficient (Wildman–Crippen LogP) is 2.43. The summed E-state index contributed by atoms with van der Waals surface area (Å²) in [5, 5.41) is 2.21. The van der Waals surface area contributed by atoms with Crippen molar-refractivity contribution < 1.29 is 4.21 Å². The Morgan fingerprint density at radius 1 is 1.23 bits per heavy atom. The molecule has 13 heavy (non-hydrogen) atoms. The Kier molecular flexibility index (Phi) is 2.42. The molecule has 0 N–H and O–H groups in total. The van der Waals surface area contributed by atoms with Crippen LogP contribution in [0.5, 0.6) is 0 Å². The summed E-state index contributed by atoms with van der Waals surface area (Å²) in [7, 11) is -1.06. The van der Waals surface area contributed by atoms with E-state index >= 15 is 0 Å². The first-order valence-corrected chi connectivity index (χ1v) is 5.69. The second-order valence-corrected chi connectivity index (χ2v) is 4.69. The molecule has 2 rings (SSSR count). The fraction of sp³-hybridized carbons (Fsp3) is 0. The van der Waals surface area contributed by atoms with E-state index < -0.39 is 10.8 Å². The summed E-state index contributed by atoms with van der Waals surface area (Å²) in [5.41, 5.74) is 0.909. The van der Waals surface area contributed by atoms with Gasteiger partial charge in [0.15, 0.2) is 0 Å². The number of rotatable bonds is 1. The van der Waals surface area contributed by atoms with Crippen LogP contribution in [0.25, 0.3) is 0 Å². The molecule has 0 aliphatic carbocycles. The summed E-state index contributed by atoms with van der Waals surface area (Å²) in [6.07, 6.45) is 1.58. The Morgan fingerprint density at radius 3 is 2.46 bits per heavy atom. The van der Waals surface area contributed by atoms with Crippen LogP contribution >= 0.6 is 15.9 Å². The predicted molar refractivity (Wildman–Crippen MR) is 58.0 cm³/mol. The molecule has 1 aromatic rings. The molecule has 0 saturated heterocycles. The minimum absolute atomic E-state index is 0.632. The molecule has 0 amide bonds. The average Bonchev–Trinajstić information content (AvgIpc) is 2.53. The molecule has 0 spiro atoms. The van der Waals surface area contributed by atoms with Crippen LogP contribution in [0.4, 0.5) is 0 Å². The van der Waals surface area contributed by atoms with Crippen LogP contribution in [0.1, 0.15) is 5.56 Å². The lowest BCUT2D eigenvalue weighted by Gasteiger charge is -1.98. The summed E-state index contributed by atoms with van der Waals surface area (Å²) in [6.45, 7) is 0. The fourth-order valence-corrected chi connectivity index (χ4v) is 2.15. The van der Waals surface area contributed by atoms with Gasteiger partial charge in [-0.3, -0.25) is 0 Å². The molecule has 0 saturated carbocycles. The lowest BCUT2D eigenvalue weighted by atomic mass is 10.2. The minimum Gasteiger partial charge on any atom is -0.248 e. The third-order valence-corrected chi connectivity index (χ3v) is 3.28. The number of benzene rings is 1. The number of nitrogens with zero attached hydrogens (tertiary/aromatic N) is 1. The monoisotopic (exact) mass is 255 g/mol. The van der Waals surface area contributed by atoms with Crippen LogP contribution in [0.3, 0.4) is 0 Å². The van der Waals surface area contributed by atoms with Gasteiger partial charge in [-0.15, -0.1) is 0 Å². The highest BCUT2D eigenvalue weighted by atomic mass is 79.9. The highest BCUT2D eigenvalue weighted by Gasteiger charge is 2.12. The lowest BCUT2D eigenvalue weighted by Crippen LogP contribution is -2.02. The molecule has 4 heteroatoms. The van der Waals surface area contributed by atoms with E-state index in [1.165, 1.54) is 0 Å². The van der Waals surface area contributed by atoms with Crippen molar-refractivity contribution in [3.63, 3.8) is 0 Å². The molecular formula is C9H6BrNOS. The Bertz CT molecular complexity index is 408. The molecule has 66 valence electrons. The summed E-state index contributed by atoms with van der Waals surface area (Å²) < 4.78 is 12.3. The SMILES string of the molecule is O=S1C=CN=C1c1ccc(Br)cc1. The fourth-order valence-electron chi connectivity index (χ4n) is 1.05. The van der Waals surface area contributed by atoms with E-state index in [0.29, 0.717) is 5.04 Å². The van der Waals surface area contributed by atoms with Crippen molar-refractivity contribution in [3.05, 3.63) is 45.9 Å². The zero-order valence-corrected chi connectivity index (χ0v) is 9.01. The number of hydrogen-bond acceptors (Lipinski definition) is 2. The largest absolute Gasteiger partial charge is 0.248 e. The Labute approximate surface area is 87.0 Å². The number of aliphatic imine (C=N–C) groups is 1. The van der Waals surface area contributed by atoms with Gasteiger partial charge in [-0.25, -0.2) is 9.20 Å². The van der Waals surface area contributed by atoms with Gasteiger partial charge in [-0.2, -0.15) is 0 Å². The number of hydrogen-bond donors (Lipinski definition) is 0. The maximum Gasteiger partial charge on any atom is 0.138 e. The molecule has 1 aliphatic heterocycles. The molecule has 1 aromatic carbocycles. The lowest BCUT2D eigenvalue weighted by molar-refractivity contribution is 0.695. The van der Waals surface area contributed by atoms with Gasteiger partial charge in [0.2, 0.25) is 0 Å². The Hall–Kier alpha value is -0.740.